The van der Waals surface area contributed by atoms with E-state index in [-0.39, 0.29) is 5.91 Å². The molecule has 110 valence electrons. The number of hydrogen-bond acceptors (Lipinski definition) is 5. The van der Waals surface area contributed by atoms with Gasteiger partial charge in [0.25, 0.3) is 5.91 Å². The highest BCUT2D eigenvalue weighted by Crippen LogP contribution is 2.32. The van der Waals surface area contributed by atoms with Crippen molar-refractivity contribution >= 4 is 23.5 Å². The van der Waals surface area contributed by atoms with E-state index < -0.39 is 5.92 Å². The quantitative estimate of drug-likeness (QED) is 0.794. The second-order valence-corrected chi connectivity index (χ2v) is 5.39. The van der Waals surface area contributed by atoms with Crippen molar-refractivity contribution in [3.63, 3.8) is 0 Å². The normalized spacial score (nSPS) is 18.5. The summed E-state index contributed by atoms with van der Waals surface area (Å²) < 4.78 is 1.33. The number of aryl methyl sites for hydroxylation is 1. The number of halogens is 1. The third-order valence-electron chi connectivity index (χ3n) is 3.48. The summed E-state index contributed by atoms with van der Waals surface area (Å²) in [5.74, 6) is -0.108. The van der Waals surface area contributed by atoms with Gasteiger partial charge in [-0.3, -0.25) is 4.79 Å². The number of carbonyl (C=O) groups is 1. The number of aromatic nitrogens is 2. The molecule has 2 aromatic heterocycles. The van der Waals surface area contributed by atoms with Crippen LogP contribution in [-0.4, -0.2) is 26.9 Å². The highest BCUT2D eigenvalue weighted by molar-refractivity contribution is 6.18. The number of hydrazine groups is 1. The third-order valence-corrected chi connectivity index (χ3v) is 3.77. The van der Waals surface area contributed by atoms with Crippen LogP contribution in [0, 0.1) is 18.3 Å². The van der Waals surface area contributed by atoms with Crippen LogP contribution >= 0.6 is 11.8 Å². The minimum atomic E-state index is -0.431. The van der Waals surface area contributed by atoms with Crippen LogP contribution in [-0.2, 0) is 4.79 Å². The first-order valence-corrected chi connectivity index (χ1v) is 7.00. The first-order valence-electron chi connectivity index (χ1n) is 6.66. The van der Waals surface area contributed by atoms with Gasteiger partial charge in [-0.25, -0.2) is 15.0 Å². The molecule has 22 heavy (non-hydrogen) atoms. The van der Waals surface area contributed by atoms with Crippen LogP contribution in [0.4, 0.5) is 5.82 Å². The molecule has 0 N–H and O–H groups in total. The van der Waals surface area contributed by atoms with Crippen LogP contribution in [0.25, 0.3) is 0 Å². The highest BCUT2D eigenvalue weighted by Gasteiger charge is 2.40. The topological polar surface area (TPSA) is 73.1 Å². The zero-order chi connectivity index (χ0) is 15.7. The summed E-state index contributed by atoms with van der Waals surface area (Å²) in [5.41, 5.74) is 2.03. The number of hydrogen-bond donors (Lipinski definition) is 0. The van der Waals surface area contributed by atoms with E-state index >= 15 is 0 Å². The zero-order valence-corrected chi connectivity index (χ0v) is 12.5. The SMILES string of the molecule is Cc1ccnc(N2C(=O)C(c3ccc(C#N)nc3)CN2Cl)c1. The number of amides is 1. The highest BCUT2D eigenvalue weighted by atomic mass is 35.5. The molecule has 1 atom stereocenters. The number of nitriles is 1. The Hall–Kier alpha value is -2.49. The van der Waals surface area contributed by atoms with Gasteiger partial charge in [0, 0.05) is 24.2 Å². The van der Waals surface area contributed by atoms with E-state index in [1.165, 1.54) is 9.54 Å². The van der Waals surface area contributed by atoms with E-state index in [4.69, 9.17) is 17.0 Å². The Morgan fingerprint density at radius 1 is 1.36 bits per heavy atom. The lowest BCUT2D eigenvalue weighted by molar-refractivity contribution is -0.118. The Kier molecular flexibility index (Phi) is 3.75. The maximum atomic E-state index is 12.6. The predicted octanol–water partition coefficient (Wildman–Crippen LogP) is 2.16. The summed E-state index contributed by atoms with van der Waals surface area (Å²) in [5, 5.41) is 10.1. The van der Waals surface area contributed by atoms with Crippen molar-refractivity contribution in [3.8, 4) is 6.07 Å². The number of carbonyl (C=O) groups excluding carboxylic acids is 1. The lowest BCUT2D eigenvalue weighted by Gasteiger charge is -2.20. The van der Waals surface area contributed by atoms with Crippen molar-refractivity contribution in [1.82, 2.24) is 14.5 Å². The lowest BCUT2D eigenvalue weighted by Crippen LogP contribution is -2.33. The molecule has 2 aromatic rings. The fourth-order valence-corrected chi connectivity index (χ4v) is 2.64. The van der Waals surface area contributed by atoms with Gasteiger partial charge in [0.2, 0.25) is 0 Å². The van der Waals surface area contributed by atoms with Crippen molar-refractivity contribution in [2.45, 2.75) is 12.8 Å². The molecule has 0 saturated carbocycles. The molecule has 0 bridgehead atoms. The van der Waals surface area contributed by atoms with Crippen LogP contribution in [0.1, 0.15) is 22.7 Å². The summed E-state index contributed by atoms with van der Waals surface area (Å²) in [6, 6.07) is 8.92. The molecule has 1 aliphatic heterocycles. The molecule has 0 radical (unpaired) electrons. The average Bonchev–Trinajstić information content (AvgIpc) is 2.82. The molecular formula is C15H12ClN5O. The number of anilines is 1. The summed E-state index contributed by atoms with van der Waals surface area (Å²) in [6.07, 6.45) is 3.18. The molecule has 1 unspecified atom stereocenters. The fraction of sp³-hybridized carbons (Fsp3) is 0.200. The second-order valence-electron chi connectivity index (χ2n) is 5.00. The van der Waals surface area contributed by atoms with Gasteiger partial charge >= 0.3 is 0 Å². The van der Waals surface area contributed by atoms with Crippen LogP contribution in [0.15, 0.2) is 36.7 Å². The Morgan fingerprint density at radius 2 is 2.18 bits per heavy atom. The maximum Gasteiger partial charge on any atom is 0.252 e. The molecule has 1 amide bonds. The van der Waals surface area contributed by atoms with Gasteiger partial charge in [0.15, 0.2) is 5.82 Å². The van der Waals surface area contributed by atoms with E-state index in [9.17, 15) is 4.79 Å². The molecule has 3 rings (SSSR count). The maximum absolute atomic E-state index is 12.6. The minimum Gasteiger partial charge on any atom is -0.272 e. The van der Waals surface area contributed by atoms with Crippen molar-refractivity contribution in [1.29, 1.82) is 5.26 Å². The average molecular weight is 314 g/mol. The van der Waals surface area contributed by atoms with E-state index in [1.807, 2.05) is 19.1 Å². The van der Waals surface area contributed by atoms with Gasteiger partial charge < -0.3 is 0 Å². The first kappa shape index (κ1) is 14.4. The summed E-state index contributed by atoms with van der Waals surface area (Å²) in [6.45, 7) is 2.25. The van der Waals surface area contributed by atoms with Crippen LogP contribution < -0.4 is 5.01 Å². The van der Waals surface area contributed by atoms with Gasteiger partial charge in [-0.2, -0.15) is 5.26 Å². The Morgan fingerprint density at radius 3 is 2.82 bits per heavy atom. The van der Waals surface area contributed by atoms with Gasteiger partial charge in [-0.15, -0.1) is 4.53 Å². The third kappa shape index (κ3) is 2.52. The van der Waals surface area contributed by atoms with E-state index in [1.54, 1.807) is 30.6 Å². The second kappa shape index (κ2) is 5.72. The van der Waals surface area contributed by atoms with Crippen LogP contribution in [0.5, 0.6) is 0 Å². The van der Waals surface area contributed by atoms with Crippen molar-refractivity contribution in [2.24, 2.45) is 0 Å². The Balaban J connectivity index is 1.91. The molecule has 3 heterocycles. The predicted molar refractivity (Wildman–Crippen MR) is 80.7 cm³/mol. The molecule has 1 saturated heterocycles. The Bertz CT molecular complexity index is 755. The monoisotopic (exact) mass is 313 g/mol. The van der Waals surface area contributed by atoms with Crippen molar-refractivity contribution in [3.05, 3.63) is 53.5 Å². The van der Waals surface area contributed by atoms with Crippen LogP contribution in [0.2, 0.25) is 0 Å². The standard InChI is InChI=1S/C15H12ClN5O/c1-10-4-5-18-14(6-10)21-15(22)13(9-20(21)16)11-2-3-12(7-17)19-8-11/h2-6,8,13H,9H2,1H3. The lowest BCUT2D eigenvalue weighted by atomic mass is 10.0. The number of rotatable bonds is 2. The number of nitrogens with zero attached hydrogens (tertiary/aromatic N) is 5. The zero-order valence-electron chi connectivity index (χ0n) is 11.8. The molecular weight excluding hydrogens is 302 g/mol. The summed E-state index contributed by atoms with van der Waals surface area (Å²) in [4.78, 5) is 20.9. The Labute approximate surface area is 132 Å². The van der Waals surface area contributed by atoms with Gasteiger partial charge in [-0.05, 0) is 36.2 Å². The molecule has 7 heteroatoms. The van der Waals surface area contributed by atoms with Crippen molar-refractivity contribution in [2.75, 3.05) is 11.6 Å². The van der Waals surface area contributed by atoms with Gasteiger partial charge in [0.1, 0.15) is 11.8 Å². The minimum absolute atomic E-state index is 0.167. The molecule has 6 nitrogen and oxygen atoms in total. The van der Waals surface area contributed by atoms with Crippen molar-refractivity contribution < 1.29 is 4.79 Å². The largest absolute Gasteiger partial charge is 0.272 e. The molecule has 0 spiro atoms. The smallest absolute Gasteiger partial charge is 0.252 e. The van der Waals surface area contributed by atoms with E-state index in [2.05, 4.69) is 9.97 Å². The summed E-state index contributed by atoms with van der Waals surface area (Å²) >= 11 is 6.19. The van der Waals surface area contributed by atoms with Gasteiger partial charge in [-0.1, -0.05) is 6.07 Å². The molecule has 0 aliphatic carbocycles. The molecule has 1 aliphatic rings. The van der Waals surface area contributed by atoms with Crippen LogP contribution in [0.3, 0.4) is 0 Å². The molecule has 1 fully saturated rings. The summed E-state index contributed by atoms with van der Waals surface area (Å²) in [7, 11) is 0. The fourth-order valence-electron chi connectivity index (χ4n) is 2.35. The molecule has 0 aromatic carbocycles. The van der Waals surface area contributed by atoms with E-state index in [0.29, 0.717) is 18.1 Å². The van der Waals surface area contributed by atoms with E-state index in [0.717, 1.165) is 11.1 Å². The first-order chi connectivity index (χ1) is 10.6. The van der Waals surface area contributed by atoms with Gasteiger partial charge in [0.05, 0.1) is 12.5 Å². The number of pyridine rings is 2.